The van der Waals surface area contributed by atoms with Crippen LogP contribution >= 0.6 is 0 Å². The van der Waals surface area contributed by atoms with Gasteiger partial charge in [0.25, 0.3) is 5.91 Å². The number of nitrogens with zero attached hydrogens (tertiary/aromatic N) is 5. The van der Waals surface area contributed by atoms with E-state index in [1.165, 1.54) is 22.3 Å². The van der Waals surface area contributed by atoms with Gasteiger partial charge in [-0.05, 0) is 30.5 Å². The highest BCUT2D eigenvalue weighted by Gasteiger charge is 2.49. The van der Waals surface area contributed by atoms with Crippen molar-refractivity contribution in [1.29, 1.82) is 0 Å². The fourth-order valence-electron chi connectivity index (χ4n) is 5.05. The molecule has 2 fully saturated rings. The number of aryl methyl sites for hydroxylation is 2. The van der Waals surface area contributed by atoms with E-state index in [-0.39, 0.29) is 5.91 Å². The number of hydrogen-bond donors (Lipinski definition) is 1. The van der Waals surface area contributed by atoms with Gasteiger partial charge in [-0.15, -0.1) is 0 Å². The number of amides is 3. The molecule has 2 atom stereocenters. The second kappa shape index (κ2) is 9.10. The van der Waals surface area contributed by atoms with Gasteiger partial charge in [0.1, 0.15) is 0 Å². The average molecular weight is 461 g/mol. The predicted molar refractivity (Wildman–Crippen MR) is 131 cm³/mol. The second-order valence-corrected chi connectivity index (χ2v) is 9.50. The minimum absolute atomic E-state index is 0.278. The van der Waals surface area contributed by atoms with Crippen LogP contribution in [-0.4, -0.2) is 82.9 Å². The Morgan fingerprint density at radius 3 is 2.44 bits per heavy atom. The molecule has 3 aliphatic rings. The molecule has 2 saturated heterocycles. The van der Waals surface area contributed by atoms with Gasteiger partial charge in [0.15, 0.2) is 18.2 Å². The summed E-state index contributed by atoms with van der Waals surface area (Å²) >= 11 is 0. The number of piperazine rings is 1. The minimum Gasteiger partial charge on any atom is -0.340 e. The maximum absolute atomic E-state index is 13.0. The van der Waals surface area contributed by atoms with E-state index in [9.17, 15) is 9.59 Å². The predicted octanol–water partition coefficient (Wildman–Crippen LogP) is 2.17. The summed E-state index contributed by atoms with van der Waals surface area (Å²) in [6.07, 6.45) is -0.510. The lowest BCUT2D eigenvalue weighted by molar-refractivity contribution is -0.127. The first-order chi connectivity index (χ1) is 16.4. The monoisotopic (exact) mass is 460 g/mol. The Kier molecular flexibility index (Phi) is 6.00. The number of hydrogen-bond acceptors (Lipinski definition) is 6. The largest absolute Gasteiger partial charge is 0.340 e. The summed E-state index contributed by atoms with van der Waals surface area (Å²) in [5, 5.41) is 2.51. The number of aliphatic imine (C=N–C) groups is 1. The maximum Gasteiger partial charge on any atom is 0.325 e. The summed E-state index contributed by atoms with van der Waals surface area (Å²) in [7, 11) is 1.71. The van der Waals surface area contributed by atoms with E-state index in [2.05, 4.69) is 76.3 Å². The molecule has 0 spiro atoms. The fraction of sp³-hybridized carbons (Fsp3) is 0.423. The van der Waals surface area contributed by atoms with Crippen molar-refractivity contribution in [3.05, 3.63) is 70.8 Å². The van der Waals surface area contributed by atoms with Gasteiger partial charge in [0, 0.05) is 46.3 Å². The lowest BCUT2D eigenvalue weighted by Gasteiger charge is -2.40. The first kappa shape index (κ1) is 22.4. The average Bonchev–Trinajstić information content (AvgIpc) is 3.21. The van der Waals surface area contributed by atoms with Gasteiger partial charge in [0.2, 0.25) is 0 Å². The molecule has 8 heteroatoms. The zero-order valence-electron chi connectivity index (χ0n) is 20.1. The Labute approximate surface area is 200 Å². The molecule has 0 bridgehead atoms. The van der Waals surface area contributed by atoms with Gasteiger partial charge in [-0.2, -0.15) is 0 Å². The Morgan fingerprint density at radius 1 is 0.971 bits per heavy atom. The Morgan fingerprint density at radius 2 is 1.71 bits per heavy atom. The van der Waals surface area contributed by atoms with Crippen LogP contribution in [0.25, 0.3) is 0 Å². The molecule has 178 valence electrons. The summed E-state index contributed by atoms with van der Waals surface area (Å²) in [4.78, 5) is 38.6. The molecular formula is C26H32N6O2. The summed E-state index contributed by atoms with van der Waals surface area (Å²) in [5.41, 5.74) is 4.85. The van der Waals surface area contributed by atoms with Crippen molar-refractivity contribution in [2.45, 2.75) is 39.1 Å². The van der Waals surface area contributed by atoms with E-state index in [4.69, 9.17) is 4.99 Å². The normalized spacial score (nSPS) is 23.1. The molecule has 2 unspecified atom stereocenters. The van der Waals surface area contributed by atoms with Crippen molar-refractivity contribution in [1.82, 2.24) is 24.9 Å². The van der Waals surface area contributed by atoms with Crippen molar-refractivity contribution < 1.29 is 9.59 Å². The van der Waals surface area contributed by atoms with E-state index < -0.39 is 18.2 Å². The Balaban J connectivity index is 1.38. The molecule has 0 saturated carbocycles. The van der Waals surface area contributed by atoms with Gasteiger partial charge >= 0.3 is 6.03 Å². The fourth-order valence-corrected chi connectivity index (χ4v) is 5.05. The van der Waals surface area contributed by atoms with Crippen LogP contribution in [0.3, 0.4) is 0 Å². The molecule has 0 aliphatic carbocycles. The number of urea groups is 1. The van der Waals surface area contributed by atoms with Crippen LogP contribution in [-0.2, 0) is 17.9 Å². The SMILES string of the molecule is Cc1ccc(C)c(CN2C(N3CCN(Cc4ccccc4)CC3)=NC3C2C(=O)NC(=O)N3C)c1. The Hall–Kier alpha value is -3.39. The zero-order valence-corrected chi connectivity index (χ0v) is 20.1. The third kappa shape index (κ3) is 4.25. The van der Waals surface area contributed by atoms with Crippen molar-refractivity contribution in [3.63, 3.8) is 0 Å². The van der Waals surface area contributed by atoms with Gasteiger partial charge in [-0.1, -0.05) is 54.1 Å². The van der Waals surface area contributed by atoms with Crippen LogP contribution in [0.4, 0.5) is 4.79 Å². The molecule has 5 rings (SSSR count). The smallest absolute Gasteiger partial charge is 0.325 e. The zero-order chi connectivity index (χ0) is 23.8. The minimum atomic E-state index is -0.528. The summed E-state index contributed by atoms with van der Waals surface area (Å²) in [6, 6.07) is 16.0. The van der Waals surface area contributed by atoms with Crippen LogP contribution in [0, 0.1) is 13.8 Å². The molecule has 1 N–H and O–H groups in total. The number of guanidine groups is 1. The van der Waals surface area contributed by atoms with E-state index in [1.807, 2.05) is 6.07 Å². The van der Waals surface area contributed by atoms with E-state index in [1.54, 1.807) is 11.9 Å². The molecular weight excluding hydrogens is 428 g/mol. The number of likely N-dealkylation sites (N-methyl/N-ethyl adjacent to an activating group) is 1. The molecule has 34 heavy (non-hydrogen) atoms. The van der Waals surface area contributed by atoms with Crippen LogP contribution in [0.15, 0.2) is 53.5 Å². The Bertz CT molecular complexity index is 1110. The van der Waals surface area contributed by atoms with Crippen LogP contribution in [0.1, 0.15) is 22.3 Å². The number of carbonyl (C=O) groups excluding carboxylic acids is 2. The van der Waals surface area contributed by atoms with E-state index >= 15 is 0 Å². The number of carbonyl (C=O) groups is 2. The molecule has 8 nitrogen and oxygen atoms in total. The van der Waals surface area contributed by atoms with E-state index in [0.717, 1.165) is 38.7 Å². The van der Waals surface area contributed by atoms with Gasteiger partial charge in [0.05, 0.1) is 0 Å². The standard InChI is InChI=1S/C26H32N6O2/c1-18-9-10-19(2)21(15-18)17-32-22-23(29(3)26(34)28-24(22)33)27-25(32)31-13-11-30(12-14-31)16-20-7-5-4-6-8-20/h4-10,15,22-23H,11-14,16-17H2,1-3H3,(H,28,33,34). The summed E-state index contributed by atoms with van der Waals surface area (Å²) in [5.74, 6) is 0.534. The molecule has 0 radical (unpaired) electrons. The quantitative estimate of drug-likeness (QED) is 0.757. The van der Waals surface area contributed by atoms with Crippen molar-refractivity contribution >= 4 is 17.9 Å². The number of benzene rings is 2. The second-order valence-electron chi connectivity index (χ2n) is 9.50. The van der Waals surface area contributed by atoms with Gasteiger partial charge in [-0.25, -0.2) is 9.79 Å². The molecule has 0 aromatic heterocycles. The number of rotatable bonds is 4. The van der Waals surface area contributed by atoms with Crippen LogP contribution in [0.2, 0.25) is 0 Å². The highest BCUT2D eigenvalue weighted by atomic mass is 16.2. The molecule has 3 heterocycles. The van der Waals surface area contributed by atoms with Crippen LogP contribution < -0.4 is 5.32 Å². The molecule has 3 amide bonds. The number of fused-ring (bicyclic) bond motifs is 1. The summed E-state index contributed by atoms with van der Waals surface area (Å²) < 4.78 is 0. The van der Waals surface area contributed by atoms with Gasteiger partial charge in [-0.3, -0.25) is 15.0 Å². The molecule has 2 aromatic rings. The summed E-state index contributed by atoms with van der Waals surface area (Å²) in [6.45, 7) is 9.17. The highest BCUT2D eigenvalue weighted by Crippen LogP contribution is 2.28. The van der Waals surface area contributed by atoms with Crippen molar-refractivity contribution in [3.8, 4) is 0 Å². The van der Waals surface area contributed by atoms with Crippen molar-refractivity contribution in [2.75, 3.05) is 33.2 Å². The highest BCUT2D eigenvalue weighted by molar-refractivity contribution is 6.03. The van der Waals surface area contributed by atoms with E-state index in [0.29, 0.717) is 6.54 Å². The number of nitrogens with one attached hydrogen (secondary N) is 1. The first-order valence-electron chi connectivity index (χ1n) is 11.9. The lowest BCUT2D eigenvalue weighted by Crippen LogP contribution is -2.64. The molecule has 3 aliphatic heterocycles. The maximum atomic E-state index is 13.0. The third-order valence-corrected chi connectivity index (χ3v) is 7.09. The third-order valence-electron chi connectivity index (χ3n) is 7.09. The molecule has 2 aromatic carbocycles. The van der Waals surface area contributed by atoms with Crippen molar-refractivity contribution in [2.24, 2.45) is 4.99 Å². The number of imide groups is 1. The first-order valence-corrected chi connectivity index (χ1v) is 11.9. The van der Waals surface area contributed by atoms with Crippen LogP contribution in [0.5, 0.6) is 0 Å². The van der Waals surface area contributed by atoms with Gasteiger partial charge < -0.3 is 14.7 Å². The lowest BCUT2D eigenvalue weighted by atomic mass is 10.0. The topological polar surface area (TPSA) is 71.5 Å².